The van der Waals surface area contributed by atoms with Crippen molar-refractivity contribution in [1.29, 1.82) is 0 Å². The molecule has 0 fully saturated rings. The fourth-order valence-corrected chi connectivity index (χ4v) is 5.43. The lowest BCUT2D eigenvalue weighted by Gasteiger charge is -2.43. The number of rotatable bonds is 8. The lowest BCUT2D eigenvalue weighted by molar-refractivity contribution is -0.113. The van der Waals surface area contributed by atoms with Crippen molar-refractivity contribution in [2.24, 2.45) is 10.8 Å². The van der Waals surface area contributed by atoms with Crippen LogP contribution in [0.4, 0.5) is 0 Å². The zero-order valence-corrected chi connectivity index (χ0v) is 28.0. The standard InChI is InChI=1S/C36H52N2O4/c1-33(2,3)37-19-17-35(7,8)27(23-37)29(39)15-13-25-21-32(42-12)26(22-31(25)41-11)14-16-30(40)28-24-38(34(4,5)6)20-18-36(28,9)10/h13-16,21-24H,17-20H2,1-12H3/b15-13+,16-14+. The highest BCUT2D eigenvalue weighted by molar-refractivity contribution is 6.08. The first kappa shape index (κ1) is 33.2. The highest BCUT2D eigenvalue weighted by atomic mass is 16.5. The molecule has 0 atom stereocenters. The highest BCUT2D eigenvalue weighted by Crippen LogP contribution is 2.39. The van der Waals surface area contributed by atoms with Crippen molar-refractivity contribution in [2.45, 2.75) is 93.2 Å². The molecule has 3 rings (SSSR count). The number of carbonyl (C=O) groups is 2. The minimum Gasteiger partial charge on any atom is -0.496 e. The third kappa shape index (κ3) is 7.56. The molecule has 0 aromatic heterocycles. The third-order valence-electron chi connectivity index (χ3n) is 8.65. The van der Waals surface area contributed by atoms with Gasteiger partial charge in [0.1, 0.15) is 11.5 Å². The zero-order valence-electron chi connectivity index (χ0n) is 28.0. The van der Waals surface area contributed by atoms with Gasteiger partial charge >= 0.3 is 0 Å². The van der Waals surface area contributed by atoms with Gasteiger partial charge in [0.2, 0.25) is 0 Å². The second-order valence-corrected chi connectivity index (χ2v) is 14.8. The summed E-state index contributed by atoms with van der Waals surface area (Å²) < 4.78 is 11.4. The minimum atomic E-state index is -0.210. The SMILES string of the molecule is COc1cc(/C=C/C(=O)C2=CN(C(C)(C)C)CCC2(C)C)c(OC)cc1/C=C/C(=O)C1=CN(C(C)(C)C)CCC1(C)C. The molecular formula is C36H52N2O4. The van der Waals surface area contributed by atoms with Gasteiger partial charge in [0.15, 0.2) is 11.6 Å². The molecule has 6 heteroatoms. The minimum absolute atomic E-state index is 0.0165. The van der Waals surface area contributed by atoms with E-state index in [1.807, 2.05) is 24.5 Å². The molecule has 0 N–H and O–H groups in total. The van der Waals surface area contributed by atoms with Crippen molar-refractivity contribution >= 4 is 23.7 Å². The van der Waals surface area contributed by atoms with E-state index in [0.717, 1.165) is 48.2 Å². The van der Waals surface area contributed by atoms with Gasteiger partial charge in [-0.25, -0.2) is 0 Å². The number of allylic oxidation sites excluding steroid dienone is 4. The van der Waals surface area contributed by atoms with Crippen molar-refractivity contribution in [2.75, 3.05) is 27.3 Å². The third-order valence-corrected chi connectivity index (χ3v) is 8.65. The molecule has 0 unspecified atom stereocenters. The van der Waals surface area contributed by atoms with Gasteiger partial charge < -0.3 is 19.3 Å². The van der Waals surface area contributed by atoms with Crippen LogP contribution in [-0.4, -0.2) is 59.8 Å². The topological polar surface area (TPSA) is 59.1 Å². The molecule has 2 aliphatic heterocycles. The summed E-state index contributed by atoms with van der Waals surface area (Å²) in [5.41, 5.74) is 2.53. The number of carbonyl (C=O) groups excluding carboxylic acids is 2. The van der Waals surface area contributed by atoms with E-state index in [4.69, 9.17) is 9.47 Å². The van der Waals surface area contributed by atoms with Crippen molar-refractivity contribution < 1.29 is 19.1 Å². The van der Waals surface area contributed by atoms with E-state index in [1.165, 1.54) is 0 Å². The van der Waals surface area contributed by atoms with Crippen LogP contribution in [0.1, 0.15) is 93.2 Å². The maximum Gasteiger partial charge on any atom is 0.183 e. The summed E-state index contributed by atoms with van der Waals surface area (Å²) in [4.78, 5) is 31.4. The number of benzene rings is 1. The molecule has 1 aromatic carbocycles. The monoisotopic (exact) mass is 576 g/mol. The van der Waals surface area contributed by atoms with Gasteiger partial charge in [0.25, 0.3) is 0 Å². The quantitative estimate of drug-likeness (QED) is 0.296. The summed E-state index contributed by atoms with van der Waals surface area (Å²) in [6.45, 7) is 23.3. The Balaban J connectivity index is 1.91. The van der Waals surface area contributed by atoms with Gasteiger partial charge in [-0.15, -0.1) is 0 Å². The van der Waals surface area contributed by atoms with Crippen LogP contribution < -0.4 is 9.47 Å². The number of ketones is 2. The van der Waals surface area contributed by atoms with Gasteiger partial charge in [-0.2, -0.15) is 0 Å². The van der Waals surface area contributed by atoms with Gasteiger partial charge in [0.05, 0.1) is 14.2 Å². The van der Waals surface area contributed by atoms with Gasteiger partial charge in [-0.1, -0.05) is 27.7 Å². The molecule has 2 aliphatic rings. The molecule has 42 heavy (non-hydrogen) atoms. The Morgan fingerprint density at radius 2 is 1.02 bits per heavy atom. The van der Waals surface area contributed by atoms with Crippen LogP contribution in [0.3, 0.4) is 0 Å². The molecule has 0 spiro atoms. The van der Waals surface area contributed by atoms with Crippen LogP contribution >= 0.6 is 0 Å². The van der Waals surface area contributed by atoms with Gasteiger partial charge in [-0.3, -0.25) is 9.59 Å². The summed E-state index contributed by atoms with van der Waals surface area (Å²) in [5, 5.41) is 0. The van der Waals surface area contributed by atoms with Crippen molar-refractivity contribution in [3.8, 4) is 11.5 Å². The number of nitrogens with zero attached hydrogens (tertiary/aromatic N) is 2. The lowest BCUT2D eigenvalue weighted by Crippen LogP contribution is -2.44. The molecule has 0 bridgehead atoms. The van der Waals surface area contributed by atoms with E-state index in [1.54, 1.807) is 38.5 Å². The van der Waals surface area contributed by atoms with E-state index in [2.05, 4.69) is 79.0 Å². The van der Waals surface area contributed by atoms with Gasteiger partial charge in [0, 0.05) is 58.8 Å². The fraction of sp³-hybridized carbons (Fsp3) is 0.556. The summed E-state index contributed by atoms with van der Waals surface area (Å²) in [5.74, 6) is 1.15. The van der Waals surface area contributed by atoms with E-state index in [0.29, 0.717) is 11.5 Å². The predicted octanol–water partition coefficient (Wildman–Crippen LogP) is 7.70. The summed E-state index contributed by atoms with van der Waals surface area (Å²) in [6.07, 6.45) is 12.7. The molecule has 230 valence electrons. The smallest absolute Gasteiger partial charge is 0.183 e. The molecular weight excluding hydrogens is 524 g/mol. The Morgan fingerprint density at radius 3 is 1.31 bits per heavy atom. The van der Waals surface area contributed by atoms with E-state index >= 15 is 0 Å². The Hall–Kier alpha value is -3.28. The van der Waals surface area contributed by atoms with E-state index < -0.39 is 0 Å². The fourth-order valence-electron chi connectivity index (χ4n) is 5.43. The van der Waals surface area contributed by atoms with E-state index in [-0.39, 0.29) is 33.5 Å². The Labute approximate surface area is 254 Å². The second-order valence-electron chi connectivity index (χ2n) is 14.8. The number of hydrogen-bond donors (Lipinski definition) is 0. The van der Waals surface area contributed by atoms with Crippen molar-refractivity contribution in [3.05, 3.63) is 59.0 Å². The number of ether oxygens (including phenoxy) is 2. The van der Waals surface area contributed by atoms with Crippen LogP contribution in [-0.2, 0) is 9.59 Å². The van der Waals surface area contributed by atoms with Crippen LogP contribution in [0, 0.1) is 10.8 Å². The molecule has 0 saturated heterocycles. The molecule has 6 nitrogen and oxygen atoms in total. The van der Waals surface area contributed by atoms with Crippen LogP contribution in [0.15, 0.2) is 47.8 Å². The van der Waals surface area contributed by atoms with Crippen molar-refractivity contribution in [3.63, 3.8) is 0 Å². The van der Waals surface area contributed by atoms with E-state index in [9.17, 15) is 9.59 Å². The van der Waals surface area contributed by atoms with Crippen LogP contribution in [0.5, 0.6) is 11.5 Å². The average Bonchev–Trinajstić information content (AvgIpc) is 2.88. The summed E-state index contributed by atoms with van der Waals surface area (Å²) in [7, 11) is 3.20. The molecule has 0 amide bonds. The van der Waals surface area contributed by atoms with Gasteiger partial charge in [-0.05, 0) is 102 Å². The Morgan fingerprint density at radius 1 is 0.690 bits per heavy atom. The normalized spacial score (nSPS) is 19.1. The Bertz CT molecular complexity index is 1210. The molecule has 1 aromatic rings. The van der Waals surface area contributed by atoms with Crippen LogP contribution in [0.25, 0.3) is 12.2 Å². The second kappa shape index (κ2) is 12.1. The maximum absolute atomic E-state index is 13.4. The first-order valence-electron chi connectivity index (χ1n) is 15.0. The molecule has 0 saturated carbocycles. The first-order valence-corrected chi connectivity index (χ1v) is 15.0. The first-order chi connectivity index (χ1) is 19.3. The molecule has 0 radical (unpaired) electrons. The van der Waals surface area contributed by atoms with Crippen molar-refractivity contribution in [1.82, 2.24) is 9.80 Å². The van der Waals surface area contributed by atoms with Crippen LogP contribution in [0.2, 0.25) is 0 Å². The molecule has 0 aliphatic carbocycles. The number of methoxy groups -OCH3 is 2. The largest absolute Gasteiger partial charge is 0.496 e. The number of hydrogen-bond acceptors (Lipinski definition) is 6. The predicted molar refractivity (Wildman–Crippen MR) is 174 cm³/mol. The Kier molecular flexibility index (Phi) is 9.61. The summed E-state index contributed by atoms with van der Waals surface area (Å²) in [6, 6.07) is 3.69. The summed E-state index contributed by atoms with van der Waals surface area (Å²) >= 11 is 0. The average molecular weight is 577 g/mol. The highest BCUT2D eigenvalue weighted by Gasteiger charge is 2.36. The maximum atomic E-state index is 13.4. The zero-order chi connectivity index (χ0) is 31.7. The molecule has 2 heterocycles. The lowest BCUT2D eigenvalue weighted by atomic mass is 9.76.